The summed E-state index contributed by atoms with van der Waals surface area (Å²) in [6.45, 7) is 4.00. The summed E-state index contributed by atoms with van der Waals surface area (Å²) in [5.74, 6) is -4.08. The second-order valence-corrected chi connectivity index (χ2v) is 1.99. The van der Waals surface area contributed by atoms with Crippen molar-refractivity contribution in [3.63, 3.8) is 0 Å². The molecule has 0 heterocycles. The maximum atomic E-state index is 9.00. The van der Waals surface area contributed by atoms with Gasteiger partial charge >= 0.3 is 49.0 Å². The Balaban J connectivity index is -0.0000000257. The van der Waals surface area contributed by atoms with Crippen molar-refractivity contribution < 1.29 is 88.6 Å². The number of hydrogen-bond acceptors (Lipinski definition) is 7. The predicted molar refractivity (Wildman–Crippen MR) is 45.4 cm³/mol. The second-order valence-electron chi connectivity index (χ2n) is 1.99. The molecule has 0 rings (SSSR count). The third kappa shape index (κ3) is 13200. The fourth-order valence-corrected chi connectivity index (χ4v) is 0. The molecule has 1 N–H and O–H groups in total. The fourth-order valence-electron chi connectivity index (χ4n) is 0. The van der Waals surface area contributed by atoms with E-state index in [1.807, 2.05) is 0 Å². The van der Waals surface area contributed by atoms with Gasteiger partial charge in [-0.15, -0.1) is 0 Å². The summed E-state index contributed by atoms with van der Waals surface area (Å²) in [4.78, 5) is 35.7. The minimum atomic E-state index is -1.08. The molecule has 0 saturated heterocycles. The van der Waals surface area contributed by atoms with Crippen molar-refractivity contribution in [2.24, 2.45) is 0 Å². The molecule has 8 nitrogen and oxygen atoms in total. The van der Waals surface area contributed by atoms with Crippen LogP contribution in [0.3, 0.4) is 0 Å². The molecule has 0 saturated carbocycles. The van der Waals surface area contributed by atoms with Crippen molar-refractivity contribution >= 4 is 23.9 Å². The number of hydrogen-bond donors (Lipinski definition) is 1. The Labute approximate surface area is 139 Å². The van der Waals surface area contributed by atoms with Gasteiger partial charge in [0, 0.05) is 24.8 Å². The van der Waals surface area contributed by atoms with Crippen LogP contribution in [0.1, 0.15) is 27.7 Å². The number of carbonyl (C=O) groups excluding carboxylic acids is 3. The summed E-state index contributed by atoms with van der Waals surface area (Å²) in [7, 11) is 0. The van der Waals surface area contributed by atoms with Gasteiger partial charge in [0.15, 0.2) is 0 Å². The summed E-state index contributed by atoms with van der Waals surface area (Å²) in [5, 5.41) is 34.1. The predicted octanol–water partition coefficient (Wildman–Crippen LogP) is -6.64. The molecule has 0 aliphatic heterocycles. The Bertz CT molecular complexity index is 167. The van der Waals surface area contributed by atoms with Crippen molar-refractivity contribution in [1.82, 2.24) is 0 Å². The summed E-state index contributed by atoms with van der Waals surface area (Å²) >= 11 is 0. The Morgan fingerprint density at radius 3 is 0.722 bits per heavy atom. The van der Waals surface area contributed by atoms with E-state index in [2.05, 4.69) is 0 Å². The van der Waals surface area contributed by atoms with Gasteiger partial charge in [-0.2, -0.15) is 0 Å². The maximum Gasteiger partial charge on any atom is 2.00 e. The van der Waals surface area contributed by atoms with Gasteiger partial charge in [-0.1, -0.05) is 0 Å². The fraction of sp³-hybridized carbons (Fsp3) is 0.500. The largest absolute Gasteiger partial charge is 2.00 e. The average molecular weight is 326 g/mol. The van der Waals surface area contributed by atoms with Crippen LogP contribution in [0, 0.1) is 0 Å². The SMILES string of the molecule is CC(=O)O.CC(=O)[O-].CC(=O)[O-].CC(=O)[O-].[Na+].[Zn+2]. The van der Waals surface area contributed by atoms with Crippen LogP contribution in [0.2, 0.25) is 0 Å². The molecule has 0 aromatic rings. The first-order valence-corrected chi connectivity index (χ1v) is 3.65. The van der Waals surface area contributed by atoms with Crippen molar-refractivity contribution in [2.75, 3.05) is 0 Å². The van der Waals surface area contributed by atoms with E-state index in [1.54, 1.807) is 0 Å². The number of aliphatic carboxylic acids is 4. The Kier molecular flexibility index (Phi) is 60.0. The number of carbonyl (C=O) groups is 4. The minimum absolute atomic E-state index is 0. The van der Waals surface area contributed by atoms with E-state index in [0.29, 0.717) is 0 Å². The van der Waals surface area contributed by atoms with Crippen LogP contribution >= 0.6 is 0 Å². The number of rotatable bonds is 0. The molecule has 10 heteroatoms. The van der Waals surface area contributed by atoms with E-state index < -0.39 is 23.9 Å². The summed E-state index contributed by atoms with van der Waals surface area (Å²) in [6.07, 6.45) is 0. The van der Waals surface area contributed by atoms with Crippen LogP contribution in [-0.2, 0) is 38.7 Å². The Hall–Kier alpha value is -0.497. The zero-order valence-electron chi connectivity index (χ0n) is 11.0. The van der Waals surface area contributed by atoms with E-state index in [0.717, 1.165) is 27.7 Å². The van der Waals surface area contributed by atoms with Crippen LogP contribution in [0.4, 0.5) is 0 Å². The zero-order chi connectivity index (χ0) is 14.3. The Morgan fingerprint density at radius 1 is 0.722 bits per heavy atom. The smallest absolute Gasteiger partial charge is 0.550 e. The molecule has 18 heavy (non-hydrogen) atoms. The van der Waals surface area contributed by atoms with Crippen LogP contribution in [0.15, 0.2) is 0 Å². The normalized spacial score (nSPS) is 5.56. The number of carboxylic acid groups (broad SMARTS) is 4. The molecular formula is C8H13NaO8Zn. The number of carboxylic acids is 4. The monoisotopic (exact) mass is 324 g/mol. The van der Waals surface area contributed by atoms with E-state index in [4.69, 9.17) is 39.6 Å². The van der Waals surface area contributed by atoms with Gasteiger partial charge in [-0.05, 0) is 20.8 Å². The Morgan fingerprint density at radius 2 is 0.722 bits per heavy atom. The van der Waals surface area contributed by atoms with E-state index in [-0.39, 0.29) is 49.0 Å². The molecule has 0 aliphatic carbocycles. The molecular weight excluding hydrogens is 312 g/mol. The van der Waals surface area contributed by atoms with E-state index in [9.17, 15) is 0 Å². The van der Waals surface area contributed by atoms with Gasteiger partial charge in [0.25, 0.3) is 5.97 Å². The van der Waals surface area contributed by atoms with Gasteiger partial charge in [0.1, 0.15) is 0 Å². The zero-order valence-corrected chi connectivity index (χ0v) is 16.0. The first kappa shape index (κ1) is 36.0. The van der Waals surface area contributed by atoms with Gasteiger partial charge in [0.2, 0.25) is 0 Å². The van der Waals surface area contributed by atoms with Gasteiger partial charge < -0.3 is 34.8 Å². The molecule has 0 fully saturated rings. The minimum Gasteiger partial charge on any atom is -0.550 e. The molecule has 0 radical (unpaired) electrons. The molecule has 0 spiro atoms. The second kappa shape index (κ2) is 30.0. The molecule has 0 aliphatic rings. The molecule has 0 aromatic carbocycles. The summed E-state index contributed by atoms with van der Waals surface area (Å²) < 4.78 is 0. The van der Waals surface area contributed by atoms with Gasteiger partial charge in [-0.3, -0.25) is 4.79 Å². The summed E-state index contributed by atoms with van der Waals surface area (Å²) in [6, 6.07) is 0. The average Bonchev–Trinajstić information content (AvgIpc) is 1.76. The van der Waals surface area contributed by atoms with E-state index in [1.165, 1.54) is 0 Å². The third-order valence-corrected chi connectivity index (χ3v) is 0. The van der Waals surface area contributed by atoms with Crippen LogP contribution in [0.25, 0.3) is 0 Å². The first-order chi connectivity index (χ1) is 6.93. The molecule has 0 atom stereocenters. The van der Waals surface area contributed by atoms with Crippen LogP contribution < -0.4 is 44.9 Å². The molecule has 0 bridgehead atoms. The van der Waals surface area contributed by atoms with Crippen molar-refractivity contribution in [1.29, 1.82) is 0 Å². The van der Waals surface area contributed by atoms with Crippen molar-refractivity contribution in [2.45, 2.75) is 27.7 Å². The standard InChI is InChI=1S/4C2H4O2.Na.Zn/c4*1-2(3)4;;/h4*1H3,(H,3,4);;/q;;;;+1;+2/p-3. The molecule has 0 unspecified atom stereocenters. The molecule has 0 aromatic heterocycles. The first-order valence-electron chi connectivity index (χ1n) is 3.65. The van der Waals surface area contributed by atoms with Crippen molar-refractivity contribution in [3.05, 3.63) is 0 Å². The topological polar surface area (TPSA) is 158 Å². The maximum absolute atomic E-state index is 9.00. The van der Waals surface area contributed by atoms with E-state index >= 15 is 0 Å². The van der Waals surface area contributed by atoms with Crippen molar-refractivity contribution in [3.8, 4) is 0 Å². The molecule has 0 amide bonds. The van der Waals surface area contributed by atoms with Gasteiger partial charge in [-0.25, -0.2) is 0 Å². The van der Waals surface area contributed by atoms with Crippen LogP contribution in [-0.4, -0.2) is 29.0 Å². The third-order valence-electron chi connectivity index (χ3n) is 0. The summed E-state index contributed by atoms with van der Waals surface area (Å²) in [5.41, 5.74) is 0. The van der Waals surface area contributed by atoms with Gasteiger partial charge in [0.05, 0.1) is 0 Å². The van der Waals surface area contributed by atoms with Crippen LogP contribution in [0.5, 0.6) is 0 Å². The molecule has 96 valence electrons. The quantitative estimate of drug-likeness (QED) is 0.430.